The molecule has 5 rings (SSSR count). The van der Waals surface area contributed by atoms with Crippen LogP contribution < -0.4 is 10.6 Å². The average Bonchev–Trinajstić information content (AvgIpc) is 3.54. The number of carbonyl (C=O) groups excluding carboxylic acids is 3. The molecule has 0 radical (unpaired) electrons. The van der Waals surface area contributed by atoms with E-state index in [9.17, 15) is 19.5 Å². The van der Waals surface area contributed by atoms with Crippen molar-refractivity contribution in [3.8, 4) is 0 Å². The van der Waals surface area contributed by atoms with Crippen LogP contribution in [0.25, 0.3) is 0 Å². The number of rotatable bonds is 9. The highest BCUT2D eigenvalue weighted by molar-refractivity contribution is 6.34. The van der Waals surface area contributed by atoms with Crippen molar-refractivity contribution in [2.45, 2.75) is 76.8 Å². The minimum Gasteiger partial charge on any atom is -0.394 e. The van der Waals surface area contributed by atoms with Gasteiger partial charge in [0.25, 0.3) is 0 Å². The van der Waals surface area contributed by atoms with Crippen molar-refractivity contribution in [2.75, 3.05) is 11.9 Å². The number of hydrogen-bond acceptors (Lipinski definition) is 5. The van der Waals surface area contributed by atoms with E-state index in [2.05, 4.69) is 10.6 Å². The number of aliphatic hydroxyl groups excluding tert-OH is 1. The number of para-hydroxylation sites is 1. The molecule has 3 heterocycles. The first kappa shape index (κ1) is 28.6. The Morgan fingerprint density at radius 2 is 1.85 bits per heavy atom. The van der Waals surface area contributed by atoms with E-state index < -0.39 is 41.0 Å². The summed E-state index contributed by atoms with van der Waals surface area (Å²) in [6.07, 6.45) is 1.56. The van der Waals surface area contributed by atoms with E-state index in [4.69, 9.17) is 16.3 Å². The Labute approximate surface area is 240 Å². The zero-order valence-corrected chi connectivity index (χ0v) is 24.2. The van der Waals surface area contributed by atoms with Gasteiger partial charge in [-0.15, -0.1) is 0 Å². The van der Waals surface area contributed by atoms with E-state index in [0.717, 1.165) is 11.1 Å². The van der Waals surface area contributed by atoms with Crippen LogP contribution in [0.3, 0.4) is 0 Å². The molecule has 0 aliphatic carbocycles. The maximum absolute atomic E-state index is 14.4. The predicted octanol–water partition coefficient (Wildman–Crippen LogP) is 4.08. The Balaban J connectivity index is 1.55. The van der Waals surface area contributed by atoms with Crippen LogP contribution in [0, 0.1) is 24.7 Å². The Morgan fingerprint density at radius 3 is 2.48 bits per heavy atom. The molecule has 1 spiro atoms. The number of anilines is 1. The molecular formula is C31H38ClN3O5. The summed E-state index contributed by atoms with van der Waals surface area (Å²) in [4.78, 5) is 43.9. The molecule has 0 aromatic heterocycles. The van der Waals surface area contributed by atoms with E-state index in [1.54, 1.807) is 12.1 Å². The molecule has 3 N–H and O–H groups in total. The molecule has 3 fully saturated rings. The number of nitrogens with zero attached hydrogens (tertiary/aromatic N) is 1. The number of aliphatic hydroxyl groups is 1. The van der Waals surface area contributed by atoms with Crippen LogP contribution in [-0.4, -0.2) is 57.6 Å². The summed E-state index contributed by atoms with van der Waals surface area (Å²) >= 11 is 6.45. The fourth-order valence-electron chi connectivity index (χ4n) is 7.21. The van der Waals surface area contributed by atoms with Gasteiger partial charge in [-0.2, -0.15) is 0 Å². The molecule has 2 aromatic rings. The van der Waals surface area contributed by atoms with Gasteiger partial charge in [0.05, 0.1) is 40.8 Å². The van der Waals surface area contributed by atoms with E-state index in [1.165, 1.54) is 4.90 Å². The van der Waals surface area contributed by atoms with Crippen LogP contribution in [0.2, 0.25) is 5.02 Å². The molecular weight excluding hydrogens is 530 g/mol. The Morgan fingerprint density at radius 1 is 1.12 bits per heavy atom. The van der Waals surface area contributed by atoms with Crippen LogP contribution in [0.5, 0.6) is 0 Å². The molecule has 0 saturated carbocycles. The van der Waals surface area contributed by atoms with Crippen molar-refractivity contribution in [3.63, 3.8) is 0 Å². The summed E-state index contributed by atoms with van der Waals surface area (Å²) in [5, 5.41) is 16.8. The van der Waals surface area contributed by atoms with Gasteiger partial charge in [0.2, 0.25) is 17.7 Å². The van der Waals surface area contributed by atoms with E-state index in [0.29, 0.717) is 36.5 Å². The molecule has 2 bridgehead atoms. The van der Waals surface area contributed by atoms with Crippen molar-refractivity contribution in [3.05, 3.63) is 64.7 Å². The highest BCUT2D eigenvalue weighted by Gasteiger charge is 2.79. The largest absolute Gasteiger partial charge is 0.394 e. The topological polar surface area (TPSA) is 108 Å². The lowest BCUT2D eigenvalue weighted by Gasteiger charge is -2.38. The molecule has 214 valence electrons. The number of amides is 3. The fraction of sp³-hybridized carbons (Fsp3) is 0.516. The zero-order chi connectivity index (χ0) is 28.8. The van der Waals surface area contributed by atoms with E-state index in [1.807, 2.05) is 64.1 Å². The Hall–Kier alpha value is -2.94. The molecule has 2 unspecified atom stereocenters. The van der Waals surface area contributed by atoms with Crippen molar-refractivity contribution >= 4 is 35.0 Å². The van der Waals surface area contributed by atoms with Crippen LogP contribution in [0.15, 0.2) is 48.5 Å². The molecule has 3 aliphatic rings. The predicted molar refractivity (Wildman–Crippen MR) is 153 cm³/mol. The summed E-state index contributed by atoms with van der Waals surface area (Å²) < 4.78 is 6.81. The van der Waals surface area contributed by atoms with Crippen LogP contribution >= 0.6 is 11.6 Å². The Bertz CT molecular complexity index is 1280. The number of aryl methyl sites for hydroxylation is 1. The number of hydrogen-bond donors (Lipinski definition) is 3. The van der Waals surface area contributed by atoms with Gasteiger partial charge in [-0.25, -0.2) is 0 Å². The summed E-state index contributed by atoms with van der Waals surface area (Å²) in [6, 6.07) is 13.3. The fourth-order valence-corrected chi connectivity index (χ4v) is 7.48. The molecule has 8 nitrogen and oxygen atoms in total. The second kappa shape index (κ2) is 10.8. The van der Waals surface area contributed by atoms with Crippen LogP contribution in [0.1, 0.15) is 51.2 Å². The van der Waals surface area contributed by atoms with Crippen LogP contribution in [0.4, 0.5) is 5.69 Å². The minimum atomic E-state index is -1.19. The molecule has 2 aromatic carbocycles. The van der Waals surface area contributed by atoms with Crippen molar-refractivity contribution < 1.29 is 24.2 Å². The highest BCUT2D eigenvalue weighted by atomic mass is 35.5. The quantitative estimate of drug-likeness (QED) is 0.423. The standard InChI is InChI=1S/C31H38ClN3O5/c1-5-30-14-15-31(40-30)24(23(30)27(37)33-16-20-11-7-6-8-12-20)29(39)35(22(17-36)18(2)3)26(31)28(38)34-25-19(4)10-9-13-21(25)32/h6-13,18,22-24,26,36H,5,14-17H2,1-4H3,(H,33,37)(H,34,38)/t22-,23+,24-,26?,30-,31?/m0/s1. The molecule has 3 saturated heterocycles. The number of fused-ring (bicyclic) bond motifs is 1. The Kier molecular flexibility index (Phi) is 7.72. The van der Waals surface area contributed by atoms with Gasteiger partial charge in [-0.05, 0) is 49.3 Å². The van der Waals surface area contributed by atoms with Crippen molar-refractivity contribution in [1.82, 2.24) is 10.2 Å². The summed E-state index contributed by atoms with van der Waals surface area (Å²) in [5.74, 6) is -2.73. The average molecular weight is 568 g/mol. The van der Waals surface area contributed by atoms with Gasteiger partial charge in [0.15, 0.2) is 0 Å². The summed E-state index contributed by atoms with van der Waals surface area (Å²) in [6.45, 7) is 7.64. The first-order valence-corrected chi connectivity index (χ1v) is 14.5. The number of likely N-dealkylation sites (tertiary alicyclic amines) is 1. The first-order chi connectivity index (χ1) is 19.1. The maximum atomic E-state index is 14.4. The van der Waals surface area contributed by atoms with Crippen molar-refractivity contribution in [2.24, 2.45) is 17.8 Å². The number of benzene rings is 2. The number of carbonyl (C=O) groups is 3. The third-order valence-electron chi connectivity index (χ3n) is 9.24. The second-order valence-electron chi connectivity index (χ2n) is 11.7. The van der Waals surface area contributed by atoms with Gasteiger partial charge in [0.1, 0.15) is 11.6 Å². The number of halogens is 1. The highest BCUT2D eigenvalue weighted by Crippen LogP contribution is 2.64. The molecule has 9 heteroatoms. The zero-order valence-electron chi connectivity index (χ0n) is 23.4. The van der Waals surface area contributed by atoms with Crippen LogP contribution in [-0.2, 0) is 25.7 Å². The SMILES string of the molecule is CC[C@@]12CCC3(O1)C(C(=O)Nc1c(C)cccc1Cl)N([C@@H](CO)C(C)C)C(=O)[C@@H]3[C@@H]2C(=O)NCc1ccccc1. The third kappa shape index (κ3) is 4.41. The third-order valence-corrected chi connectivity index (χ3v) is 9.56. The lowest BCUT2D eigenvalue weighted by molar-refractivity contribution is -0.150. The smallest absolute Gasteiger partial charge is 0.250 e. The summed E-state index contributed by atoms with van der Waals surface area (Å²) in [5.41, 5.74) is 0.170. The lowest BCUT2D eigenvalue weighted by Crippen LogP contribution is -2.57. The van der Waals surface area contributed by atoms with Gasteiger partial charge in [0, 0.05) is 6.54 Å². The number of ether oxygens (including phenoxy) is 1. The minimum absolute atomic E-state index is 0.135. The van der Waals surface area contributed by atoms with Gasteiger partial charge in [-0.1, -0.05) is 74.8 Å². The summed E-state index contributed by atoms with van der Waals surface area (Å²) in [7, 11) is 0. The molecule has 6 atom stereocenters. The second-order valence-corrected chi connectivity index (χ2v) is 12.1. The molecule has 3 aliphatic heterocycles. The van der Waals surface area contributed by atoms with Gasteiger partial charge in [-0.3, -0.25) is 14.4 Å². The van der Waals surface area contributed by atoms with E-state index in [-0.39, 0.29) is 24.3 Å². The molecule has 40 heavy (non-hydrogen) atoms. The van der Waals surface area contributed by atoms with E-state index >= 15 is 0 Å². The first-order valence-electron chi connectivity index (χ1n) is 14.1. The lowest BCUT2D eigenvalue weighted by atomic mass is 9.65. The number of nitrogens with one attached hydrogen (secondary N) is 2. The maximum Gasteiger partial charge on any atom is 0.250 e. The normalized spacial score (nSPS) is 29.5. The monoisotopic (exact) mass is 567 g/mol. The van der Waals surface area contributed by atoms with Crippen molar-refractivity contribution in [1.29, 1.82) is 0 Å². The van der Waals surface area contributed by atoms with Gasteiger partial charge >= 0.3 is 0 Å². The molecule has 3 amide bonds. The van der Waals surface area contributed by atoms with Gasteiger partial charge < -0.3 is 25.4 Å².